The summed E-state index contributed by atoms with van der Waals surface area (Å²) in [6.45, 7) is 2.50. The van der Waals surface area contributed by atoms with Crippen LogP contribution in [0, 0.1) is 5.92 Å². The molecule has 2 aliphatic rings. The van der Waals surface area contributed by atoms with Crippen LogP contribution >= 0.6 is 12.4 Å². The molecule has 20 heavy (non-hydrogen) atoms. The molecule has 0 radical (unpaired) electrons. The number of aromatic nitrogens is 2. The van der Waals surface area contributed by atoms with Gasteiger partial charge >= 0.3 is 0 Å². The molecule has 1 aromatic heterocycles. The third-order valence-corrected chi connectivity index (χ3v) is 4.39. The van der Waals surface area contributed by atoms with Crippen LogP contribution in [0.2, 0.25) is 0 Å². The second-order valence-corrected chi connectivity index (χ2v) is 5.63. The van der Waals surface area contributed by atoms with Gasteiger partial charge in [0.15, 0.2) is 0 Å². The van der Waals surface area contributed by atoms with E-state index >= 15 is 0 Å². The van der Waals surface area contributed by atoms with Crippen LogP contribution in [0.25, 0.3) is 0 Å². The number of carbonyl (C=O) groups excluding carboxylic acids is 1. The largest absolute Gasteiger partial charge is 0.336 e. The van der Waals surface area contributed by atoms with E-state index in [0.29, 0.717) is 5.91 Å². The van der Waals surface area contributed by atoms with Crippen LogP contribution in [-0.4, -0.2) is 40.0 Å². The third-order valence-electron chi connectivity index (χ3n) is 4.39. The van der Waals surface area contributed by atoms with Crippen molar-refractivity contribution in [1.29, 1.82) is 0 Å². The fourth-order valence-electron chi connectivity index (χ4n) is 3.30. The Morgan fingerprint density at radius 1 is 1.40 bits per heavy atom. The number of hydrogen-bond acceptors (Lipinski definition) is 3. The van der Waals surface area contributed by atoms with Crippen molar-refractivity contribution < 1.29 is 4.79 Å². The quantitative estimate of drug-likeness (QED) is 0.900. The van der Waals surface area contributed by atoms with Gasteiger partial charge in [0.05, 0.1) is 0 Å². The van der Waals surface area contributed by atoms with Gasteiger partial charge in [0, 0.05) is 45.0 Å². The standard InChI is InChI=1S/C14H22N4O.ClH/c1-17-8-7-16-13(17)12-10-15-6-9-18(12)14(19)11-4-2-3-5-11;/h7-8,11-12,15H,2-6,9-10H2,1H3;1H. The highest BCUT2D eigenvalue weighted by atomic mass is 35.5. The number of imidazole rings is 1. The molecule has 2 fully saturated rings. The van der Waals surface area contributed by atoms with E-state index in [1.165, 1.54) is 12.8 Å². The van der Waals surface area contributed by atoms with Crippen molar-refractivity contribution in [2.75, 3.05) is 19.6 Å². The lowest BCUT2D eigenvalue weighted by Gasteiger charge is -2.37. The molecule has 1 N–H and O–H groups in total. The molecule has 1 aromatic rings. The highest BCUT2D eigenvalue weighted by Crippen LogP contribution is 2.30. The lowest BCUT2D eigenvalue weighted by Crippen LogP contribution is -2.50. The number of nitrogens with one attached hydrogen (secondary N) is 1. The summed E-state index contributed by atoms with van der Waals surface area (Å²) in [7, 11) is 2.00. The van der Waals surface area contributed by atoms with Gasteiger partial charge in [-0.25, -0.2) is 4.98 Å². The topological polar surface area (TPSA) is 50.2 Å². The van der Waals surface area contributed by atoms with E-state index in [-0.39, 0.29) is 24.4 Å². The number of nitrogens with zero attached hydrogens (tertiary/aromatic N) is 3. The summed E-state index contributed by atoms with van der Waals surface area (Å²) in [5.74, 6) is 1.58. The zero-order chi connectivity index (χ0) is 13.2. The monoisotopic (exact) mass is 298 g/mol. The van der Waals surface area contributed by atoms with Crippen molar-refractivity contribution in [3.8, 4) is 0 Å². The number of amides is 1. The molecule has 1 aliphatic carbocycles. The van der Waals surface area contributed by atoms with E-state index in [1.54, 1.807) is 0 Å². The molecule has 0 bridgehead atoms. The molecule has 6 heteroatoms. The minimum absolute atomic E-state index is 0. The van der Waals surface area contributed by atoms with Crippen LogP contribution < -0.4 is 5.32 Å². The molecule has 1 aliphatic heterocycles. The van der Waals surface area contributed by atoms with E-state index in [1.807, 2.05) is 24.0 Å². The highest BCUT2D eigenvalue weighted by molar-refractivity contribution is 5.85. The van der Waals surface area contributed by atoms with Crippen LogP contribution in [-0.2, 0) is 11.8 Å². The maximum Gasteiger partial charge on any atom is 0.226 e. The summed E-state index contributed by atoms with van der Waals surface area (Å²) >= 11 is 0. The Morgan fingerprint density at radius 3 is 2.80 bits per heavy atom. The van der Waals surface area contributed by atoms with Crippen LogP contribution in [0.5, 0.6) is 0 Å². The first-order valence-corrected chi connectivity index (χ1v) is 7.26. The summed E-state index contributed by atoms with van der Waals surface area (Å²) in [6, 6.07) is 0.0850. The molecule has 1 saturated carbocycles. The maximum atomic E-state index is 12.7. The summed E-state index contributed by atoms with van der Waals surface area (Å²) in [5, 5.41) is 3.38. The number of piperazine rings is 1. The van der Waals surface area contributed by atoms with Gasteiger partial charge in [-0.05, 0) is 12.8 Å². The van der Waals surface area contributed by atoms with Crippen molar-refractivity contribution in [2.24, 2.45) is 13.0 Å². The van der Waals surface area contributed by atoms with Gasteiger partial charge in [-0.3, -0.25) is 4.79 Å². The average Bonchev–Trinajstić information content (AvgIpc) is 3.09. The van der Waals surface area contributed by atoms with Gasteiger partial charge in [-0.15, -0.1) is 12.4 Å². The van der Waals surface area contributed by atoms with Crippen molar-refractivity contribution >= 4 is 18.3 Å². The van der Waals surface area contributed by atoms with Crippen molar-refractivity contribution in [3.05, 3.63) is 18.2 Å². The number of rotatable bonds is 2. The van der Waals surface area contributed by atoms with Gasteiger partial charge in [0.2, 0.25) is 5.91 Å². The molecule has 3 rings (SSSR count). The van der Waals surface area contributed by atoms with Crippen LogP contribution in [0.3, 0.4) is 0 Å². The predicted octanol–water partition coefficient (Wildman–Crippen LogP) is 1.50. The Kier molecular flexibility index (Phi) is 5.05. The number of halogens is 1. The van der Waals surface area contributed by atoms with Crippen molar-refractivity contribution in [1.82, 2.24) is 19.8 Å². The third kappa shape index (κ3) is 2.83. The summed E-state index contributed by atoms with van der Waals surface area (Å²) in [5.41, 5.74) is 0. The van der Waals surface area contributed by atoms with E-state index in [2.05, 4.69) is 15.2 Å². The van der Waals surface area contributed by atoms with Gasteiger partial charge in [0.1, 0.15) is 11.9 Å². The van der Waals surface area contributed by atoms with Crippen molar-refractivity contribution in [3.63, 3.8) is 0 Å². The first-order chi connectivity index (χ1) is 9.27. The molecular weight excluding hydrogens is 276 g/mol. The van der Waals surface area contributed by atoms with Crippen LogP contribution in [0.15, 0.2) is 12.4 Å². The predicted molar refractivity (Wildman–Crippen MR) is 79.7 cm³/mol. The smallest absolute Gasteiger partial charge is 0.226 e. The molecule has 2 heterocycles. The number of hydrogen-bond donors (Lipinski definition) is 1. The molecular formula is C14H23ClN4O. The molecule has 5 nitrogen and oxygen atoms in total. The van der Waals surface area contributed by atoms with Crippen LogP contribution in [0.4, 0.5) is 0 Å². The Morgan fingerprint density at radius 2 is 2.15 bits per heavy atom. The van der Waals surface area contributed by atoms with Crippen LogP contribution in [0.1, 0.15) is 37.5 Å². The van der Waals surface area contributed by atoms with Crippen molar-refractivity contribution in [2.45, 2.75) is 31.7 Å². The van der Waals surface area contributed by atoms with E-state index < -0.39 is 0 Å². The van der Waals surface area contributed by atoms with E-state index in [9.17, 15) is 4.79 Å². The van der Waals surface area contributed by atoms with Gasteiger partial charge in [-0.2, -0.15) is 0 Å². The molecule has 1 amide bonds. The van der Waals surface area contributed by atoms with Gasteiger partial charge in [0.25, 0.3) is 0 Å². The summed E-state index contributed by atoms with van der Waals surface area (Å²) < 4.78 is 2.02. The fraction of sp³-hybridized carbons (Fsp3) is 0.714. The Bertz CT molecular complexity index is 456. The van der Waals surface area contributed by atoms with E-state index in [0.717, 1.165) is 38.3 Å². The highest BCUT2D eigenvalue weighted by Gasteiger charge is 2.34. The average molecular weight is 299 g/mol. The van der Waals surface area contributed by atoms with Gasteiger partial charge < -0.3 is 14.8 Å². The molecule has 1 atom stereocenters. The number of aryl methyl sites for hydroxylation is 1. The molecule has 0 aromatic carbocycles. The SMILES string of the molecule is Cl.Cn1ccnc1C1CNCCN1C(=O)C1CCCC1. The zero-order valence-electron chi connectivity index (χ0n) is 11.9. The lowest BCUT2D eigenvalue weighted by atomic mass is 10.0. The fourth-order valence-corrected chi connectivity index (χ4v) is 3.30. The minimum Gasteiger partial charge on any atom is -0.336 e. The molecule has 1 unspecified atom stereocenters. The first kappa shape index (κ1) is 15.3. The Labute approximate surface area is 126 Å². The van der Waals surface area contributed by atoms with Gasteiger partial charge in [-0.1, -0.05) is 12.8 Å². The Hall–Kier alpha value is -1.07. The second kappa shape index (κ2) is 6.59. The second-order valence-electron chi connectivity index (χ2n) is 5.63. The lowest BCUT2D eigenvalue weighted by molar-refractivity contribution is -0.139. The normalized spacial score (nSPS) is 23.6. The Balaban J connectivity index is 0.00000147. The first-order valence-electron chi connectivity index (χ1n) is 7.26. The minimum atomic E-state index is 0. The zero-order valence-corrected chi connectivity index (χ0v) is 12.7. The van der Waals surface area contributed by atoms with E-state index in [4.69, 9.17) is 0 Å². The number of carbonyl (C=O) groups is 1. The summed E-state index contributed by atoms with van der Waals surface area (Å²) in [6.07, 6.45) is 8.29. The molecule has 0 spiro atoms. The summed E-state index contributed by atoms with van der Waals surface area (Å²) in [4.78, 5) is 19.2. The molecule has 1 saturated heterocycles. The molecule has 112 valence electrons. The maximum absolute atomic E-state index is 12.7.